The van der Waals surface area contributed by atoms with Gasteiger partial charge in [-0.05, 0) is 36.4 Å². The van der Waals surface area contributed by atoms with Crippen molar-refractivity contribution in [2.75, 3.05) is 18.0 Å². The summed E-state index contributed by atoms with van der Waals surface area (Å²) >= 11 is 11.6. The fourth-order valence-corrected chi connectivity index (χ4v) is 2.50. The Bertz CT molecular complexity index is 768. The Kier molecular flexibility index (Phi) is 6.17. The first-order chi connectivity index (χ1) is 11.4. The molecule has 0 spiro atoms. The van der Waals surface area contributed by atoms with Crippen LogP contribution in [-0.4, -0.2) is 24.9 Å². The Morgan fingerprint density at radius 3 is 2.54 bits per heavy atom. The lowest BCUT2D eigenvalue weighted by Crippen LogP contribution is -2.37. The van der Waals surface area contributed by atoms with Gasteiger partial charge in [0.15, 0.2) is 0 Å². The Hall–Kier alpha value is -2.11. The molecule has 4 nitrogen and oxygen atoms in total. The van der Waals surface area contributed by atoms with E-state index < -0.39 is 5.82 Å². The van der Waals surface area contributed by atoms with Crippen LogP contribution in [0.5, 0.6) is 0 Å². The third-order valence-electron chi connectivity index (χ3n) is 3.30. The second-order valence-corrected chi connectivity index (χ2v) is 5.88. The van der Waals surface area contributed by atoms with E-state index in [1.807, 2.05) is 0 Å². The number of hydrogen-bond donors (Lipinski definition) is 1. The van der Waals surface area contributed by atoms with Gasteiger partial charge in [-0.15, -0.1) is 0 Å². The van der Waals surface area contributed by atoms with E-state index in [1.165, 1.54) is 30.0 Å². The summed E-state index contributed by atoms with van der Waals surface area (Å²) in [5.41, 5.74) is 0.896. The summed E-state index contributed by atoms with van der Waals surface area (Å²) in [5.74, 6) is -1.09. The molecular formula is C17H15Cl2FN2O2. The second-order valence-electron chi connectivity index (χ2n) is 5.04. The van der Waals surface area contributed by atoms with Gasteiger partial charge in [0.2, 0.25) is 5.91 Å². The van der Waals surface area contributed by atoms with E-state index in [-0.39, 0.29) is 29.9 Å². The van der Waals surface area contributed by atoms with E-state index in [4.69, 9.17) is 23.2 Å². The van der Waals surface area contributed by atoms with Crippen LogP contribution in [0, 0.1) is 5.82 Å². The van der Waals surface area contributed by atoms with Crippen molar-refractivity contribution in [2.45, 2.75) is 6.92 Å². The highest BCUT2D eigenvalue weighted by atomic mass is 35.5. The fraction of sp³-hybridized carbons (Fsp3) is 0.176. The number of amides is 2. The first-order valence-electron chi connectivity index (χ1n) is 7.15. The van der Waals surface area contributed by atoms with Gasteiger partial charge >= 0.3 is 0 Å². The smallest absolute Gasteiger partial charge is 0.251 e. The molecule has 0 unspecified atom stereocenters. The fourth-order valence-electron chi connectivity index (χ4n) is 2.13. The van der Waals surface area contributed by atoms with Gasteiger partial charge in [-0.1, -0.05) is 29.3 Å². The van der Waals surface area contributed by atoms with Gasteiger partial charge in [-0.25, -0.2) is 4.39 Å². The number of carbonyl (C=O) groups excluding carboxylic acids is 2. The zero-order chi connectivity index (χ0) is 17.7. The molecule has 7 heteroatoms. The lowest BCUT2D eigenvalue weighted by Gasteiger charge is -2.21. The molecule has 0 aliphatic carbocycles. The molecule has 24 heavy (non-hydrogen) atoms. The van der Waals surface area contributed by atoms with Crippen LogP contribution in [-0.2, 0) is 4.79 Å². The normalized spacial score (nSPS) is 10.3. The van der Waals surface area contributed by atoms with Crippen LogP contribution in [0.3, 0.4) is 0 Å². The first-order valence-corrected chi connectivity index (χ1v) is 7.91. The molecule has 0 bridgehead atoms. The molecule has 0 heterocycles. The summed E-state index contributed by atoms with van der Waals surface area (Å²) in [6, 6.07) is 10.6. The molecule has 126 valence electrons. The van der Waals surface area contributed by atoms with Crippen molar-refractivity contribution in [3.05, 3.63) is 63.9 Å². The SMILES string of the molecule is CC(=O)N(CCNC(=O)c1cccc(Cl)c1)c1ccc(F)c(Cl)c1. The van der Waals surface area contributed by atoms with E-state index in [0.717, 1.165) is 0 Å². The van der Waals surface area contributed by atoms with Crippen molar-refractivity contribution in [1.29, 1.82) is 0 Å². The standard InChI is InChI=1S/C17H15Cl2FN2O2/c1-11(23)22(14-5-6-16(20)15(19)10-14)8-7-21-17(24)12-3-2-4-13(18)9-12/h2-6,9-10H,7-8H2,1H3,(H,21,24). The molecule has 0 saturated carbocycles. The van der Waals surface area contributed by atoms with E-state index in [9.17, 15) is 14.0 Å². The monoisotopic (exact) mass is 368 g/mol. The van der Waals surface area contributed by atoms with Crippen LogP contribution in [0.1, 0.15) is 17.3 Å². The minimum Gasteiger partial charge on any atom is -0.350 e. The molecule has 2 rings (SSSR count). The minimum atomic E-state index is -0.557. The zero-order valence-electron chi connectivity index (χ0n) is 12.9. The van der Waals surface area contributed by atoms with E-state index in [1.54, 1.807) is 24.3 Å². The number of carbonyl (C=O) groups is 2. The summed E-state index contributed by atoms with van der Waals surface area (Å²) < 4.78 is 13.2. The number of halogens is 3. The third kappa shape index (κ3) is 4.69. The highest BCUT2D eigenvalue weighted by Crippen LogP contribution is 2.22. The van der Waals surface area contributed by atoms with Gasteiger partial charge in [0.25, 0.3) is 5.91 Å². The molecular weight excluding hydrogens is 354 g/mol. The predicted molar refractivity (Wildman–Crippen MR) is 93.2 cm³/mol. The van der Waals surface area contributed by atoms with Crippen molar-refractivity contribution in [3.63, 3.8) is 0 Å². The Labute approximate surface area is 149 Å². The summed E-state index contributed by atoms with van der Waals surface area (Å²) in [5, 5.41) is 3.11. The van der Waals surface area contributed by atoms with Gasteiger partial charge < -0.3 is 10.2 Å². The molecule has 0 radical (unpaired) electrons. The maximum absolute atomic E-state index is 13.2. The molecule has 0 fully saturated rings. The summed E-state index contributed by atoms with van der Waals surface area (Å²) in [4.78, 5) is 25.2. The van der Waals surface area contributed by atoms with Gasteiger partial charge in [0.1, 0.15) is 5.82 Å². The predicted octanol–water partition coefficient (Wildman–Crippen LogP) is 3.92. The van der Waals surface area contributed by atoms with Crippen LogP contribution >= 0.6 is 23.2 Å². The number of benzene rings is 2. The largest absolute Gasteiger partial charge is 0.350 e. The average Bonchev–Trinajstić information content (AvgIpc) is 2.54. The molecule has 0 atom stereocenters. The molecule has 1 N–H and O–H groups in total. The molecule has 0 aliphatic heterocycles. The van der Waals surface area contributed by atoms with Gasteiger partial charge in [0, 0.05) is 36.3 Å². The van der Waals surface area contributed by atoms with Crippen molar-refractivity contribution in [1.82, 2.24) is 5.32 Å². The van der Waals surface area contributed by atoms with Crippen LogP contribution in [0.25, 0.3) is 0 Å². The molecule has 2 aromatic rings. The number of rotatable bonds is 5. The van der Waals surface area contributed by atoms with Gasteiger partial charge in [0.05, 0.1) is 5.02 Å². The molecule has 0 saturated heterocycles. The van der Waals surface area contributed by atoms with E-state index in [0.29, 0.717) is 16.3 Å². The van der Waals surface area contributed by atoms with Crippen LogP contribution < -0.4 is 10.2 Å². The van der Waals surface area contributed by atoms with Crippen molar-refractivity contribution in [2.24, 2.45) is 0 Å². The highest BCUT2D eigenvalue weighted by molar-refractivity contribution is 6.31. The van der Waals surface area contributed by atoms with E-state index >= 15 is 0 Å². The topological polar surface area (TPSA) is 49.4 Å². The van der Waals surface area contributed by atoms with Gasteiger partial charge in [-0.3, -0.25) is 9.59 Å². The first kappa shape index (κ1) is 18.2. The maximum atomic E-state index is 13.2. The lowest BCUT2D eigenvalue weighted by molar-refractivity contribution is -0.116. The lowest BCUT2D eigenvalue weighted by atomic mass is 10.2. The number of nitrogens with one attached hydrogen (secondary N) is 1. The highest BCUT2D eigenvalue weighted by Gasteiger charge is 2.14. The van der Waals surface area contributed by atoms with Crippen LogP contribution in [0.4, 0.5) is 10.1 Å². The molecule has 0 aliphatic rings. The maximum Gasteiger partial charge on any atom is 0.251 e. The van der Waals surface area contributed by atoms with Crippen LogP contribution in [0.15, 0.2) is 42.5 Å². The van der Waals surface area contributed by atoms with E-state index in [2.05, 4.69) is 5.32 Å². The molecule has 2 aromatic carbocycles. The number of hydrogen-bond acceptors (Lipinski definition) is 2. The molecule has 0 aromatic heterocycles. The van der Waals surface area contributed by atoms with Crippen molar-refractivity contribution < 1.29 is 14.0 Å². The number of anilines is 1. The minimum absolute atomic E-state index is 0.0679. The van der Waals surface area contributed by atoms with Gasteiger partial charge in [-0.2, -0.15) is 0 Å². The zero-order valence-corrected chi connectivity index (χ0v) is 14.4. The van der Waals surface area contributed by atoms with Crippen molar-refractivity contribution in [3.8, 4) is 0 Å². The Balaban J connectivity index is 2.00. The van der Waals surface area contributed by atoms with Crippen molar-refractivity contribution >= 4 is 40.7 Å². The quantitative estimate of drug-likeness (QED) is 0.869. The second kappa shape index (κ2) is 8.13. The number of nitrogens with zero attached hydrogens (tertiary/aromatic N) is 1. The Morgan fingerprint density at radius 1 is 1.17 bits per heavy atom. The summed E-state index contributed by atoms with van der Waals surface area (Å²) in [6.07, 6.45) is 0. The average molecular weight is 369 g/mol. The third-order valence-corrected chi connectivity index (χ3v) is 3.83. The summed E-state index contributed by atoms with van der Waals surface area (Å²) in [6.45, 7) is 1.83. The molecule has 2 amide bonds. The summed E-state index contributed by atoms with van der Waals surface area (Å²) in [7, 11) is 0. The van der Waals surface area contributed by atoms with Crippen LogP contribution in [0.2, 0.25) is 10.0 Å². The Morgan fingerprint density at radius 2 is 1.92 bits per heavy atom.